The molecule has 2 N–H and O–H groups in total. The van der Waals surface area contributed by atoms with Gasteiger partial charge in [0.25, 0.3) is 0 Å². The van der Waals surface area contributed by atoms with Crippen molar-refractivity contribution >= 4 is 11.9 Å². The molecule has 0 atom stereocenters. The number of likely N-dealkylation sites (tertiary alicyclic amines) is 1. The Labute approximate surface area is 183 Å². The van der Waals surface area contributed by atoms with Crippen LogP contribution in [-0.2, 0) is 14.3 Å². The van der Waals surface area contributed by atoms with Crippen LogP contribution in [0.5, 0.6) is 0 Å². The van der Waals surface area contributed by atoms with Crippen LogP contribution in [0.1, 0.15) is 41.2 Å². The van der Waals surface area contributed by atoms with Crippen molar-refractivity contribution in [2.45, 2.75) is 38.9 Å². The first kappa shape index (κ1) is 24.3. The molecule has 0 radical (unpaired) electrons. The Morgan fingerprint density at radius 3 is 1.61 bits per heavy atom. The number of piperidine rings is 1. The summed E-state index contributed by atoms with van der Waals surface area (Å²) in [5, 5.41) is 15.6. The molecule has 0 saturated carbocycles. The van der Waals surface area contributed by atoms with Gasteiger partial charge in [-0.2, -0.15) is 0 Å². The van der Waals surface area contributed by atoms with Crippen LogP contribution in [0, 0.1) is 13.8 Å². The molecule has 1 aliphatic rings. The lowest BCUT2D eigenvalue weighted by Crippen LogP contribution is -2.35. The Hall–Kier alpha value is -2.96. The van der Waals surface area contributed by atoms with E-state index < -0.39 is 11.9 Å². The zero-order valence-electron chi connectivity index (χ0n) is 18.3. The zero-order chi connectivity index (χ0) is 22.8. The van der Waals surface area contributed by atoms with Crippen molar-refractivity contribution in [1.29, 1.82) is 0 Å². The summed E-state index contributed by atoms with van der Waals surface area (Å²) in [7, 11) is 2.19. The molecule has 31 heavy (non-hydrogen) atoms. The Morgan fingerprint density at radius 1 is 0.871 bits per heavy atom. The highest BCUT2D eigenvalue weighted by Crippen LogP contribution is 2.30. The molecule has 0 aliphatic carbocycles. The van der Waals surface area contributed by atoms with E-state index in [1.807, 2.05) is 0 Å². The van der Waals surface area contributed by atoms with E-state index in [0.717, 1.165) is 25.9 Å². The molecule has 2 aromatic rings. The first-order valence-electron chi connectivity index (χ1n) is 10.4. The monoisotopic (exact) mass is 425 g/mol. The average molecular weight is 426 g/mol. The predicted molar refractivity (Wildman–Crippen MR) is 120 cm³/mol. The SMILES string of the molecule is Cc1ccc(C(OC2CCN(C)CC2)c2ccc(C)cc2)cc1.O=C(O)/C=C/C(=O)O. The molecule has 6 heteroatoms. The summed E-state index contributed by atoms with van der Waals surface area (Å²) < 4.78 is 6.56. The molecule has 1 fully saturated rings. The minimum atomic E-state index is -1.26. The quantitative estimate of drug-likeness (QED) is 0.674. The van der Waals surface area contributed by atoms with Gasteiger partial charge in [-0.25, -0.2) is 9.59 Å². The second-order valence-corrected chi connectivity index (χ2v) is 7.85. The number of nitrogens with zero attached hydrogens (tertiary/aromatic N) is 1. The van der Waals surface area contributed by atoms with Crippen LogP contribution in [0.3, 0.4) is 0 Å². The van der Waals surface area contributed by atoms with Crippen molar-refractivity contribution in [1.82, 2.24) is 4.90 Å². The van der Waals surface area contributed by atoms with E-state index >= 15 is 0 Å². The molecule has 3 rings (SSSR count). The maximum absolute atomic E-state index is 9.55. The lowest BCUT2D eigenvalue weighted by atomic mass is 9.98. The molecule has 1 saturated heterocycles. The van der Waals surface area contributed by atoms with E-state index in [2.05, 4.69) is 74.3 Å². The van der Waals surface area contributed by atoms with Crippen LogP contribution < -0.4 is 0 Å². The number of aliphatic carboxylic acids is 2. The van der Waals surface area contributed by atoms with Gasteiger partial charge in [0.1, 0.15) is 6.10 Å². The molecule has 1 aliphatic heterocycles. The Morgan fingerprint density at radius 2 is 1.26 bits per heavy atom. The largest absolute Gasteiger partial charge is 0.478 e. The molecular formula is C25H31NO5. The second kappa shape index (κ2) is 12.0. The van der Waals surface area contributed by atoms with Gasteiger partial charge in [0, 0.05) is 25.2 Å². The van der Waals surface area contributed by atoms with Crippen LogP contribution >= 0.6 is 0 Å². The van der Waals surface area contributed by atoms with Crippen molar-refractivity contribution in [3.63, 3.8) is 0 Å². The summed E-state index contributed by atoms with van der Waals surface area (Å²) in [6, 6.07) is 17.5. The Bertz CT molecular complexity index is 804. The normalized spacial score (nSPS) is 15.0. The maximum atomic E-state index is 9.55. The summed E-state index contributed by atoms with van der Waals surface area (Å²) in [4.78, 5) is 21.5. The third-order valence-corrected chi connectivity index (χ3v) is 5.12. The number of benzene rings is 2. The number of rotatable bonds is 6. The number of carboxylic acid groups (broad SMARTS) is 2. The van der Waals surface area contributed by atoms with Gasteiger partial charge in [-0.05, 0) is 44.9 Å². The van der Waals surface area contributed by atoms with E-state index in [0.29, 0.717) is 18.3 Å². The summed E-state index contributed by atoms with van der Waals surface area (Å²) in [6.45, 7) is 6.50. The Balaban J connectivity index is 0.000000366. The minimum Gasteiger partial charge on any atom is -0.478 e. The molecule has 6 nitrogen and oxygen atoms in total. The van der Waals surface area contributed by atoms with Gasteiger partial charge < -0.3 is 19.8 Å². The number of carboxylic acids is 2. The molecule has 0 spiro atoms. The van der Waals surface area contributed by atoms with Gasteiger partial charge in [-0.15, -0.1) is 0 Å². The molecule has 0 amide bonds. The fourth-order valence-corrected chi connectivity index (χ4v) is 3.29. The van der Waals surface area contributed by atoms with Gasteiger partial charge in [0.05, 0.1) is 6.10 Å². The lowest BCUT2D eigenvalue weighted by molar-refractivity contribution is -0.134. The fourth-order valence-electron chi connectivity index (χ4n) is 3.29. The number of aryl methyl sites for hydroxylation is 2. The van der Waals surface area contributed by atoms with Crippen LogP contribution in [0.2, 0.25) is 0 Å². The third-order valence-electron chi connectivity index (χ3n) is 5.12. The first-order chi connectivity index (χ1) is 14.7. The molecule has 0 aromatic heterocycles. The van der Waals surface area contributed by atoms with Crippen molar-refractivity contribution in [2.75, 3.05) is 20.1 Å². The smallest absolute Gasteiger partial charge is 0.328 e. The highest BCUT2D eigenvalue weighted by Gasteiger charge is 2.23. The highest BCUT2D eigenvalue weighted by atomic mass is 16.5. The summed E-state index contributed by atoms with van der Waals surface area (Å²) in [5.41, 5.74) is 5.07. The maximum Gasteiger partial charge on any atom is 0.328 e. The molecular weight excluding hydrogens is 394 g/mol. The van der Waals surface area contributed by atoms with Crippen LogP contribution in [-0.4, -0.2) is 53.3 Å². The molecule has 2 aromatic carbocycles. The topological polar surface area (TPSA) is 87.1 Å². The zero-order valence-corrected chi connectivity index (χ0v) is 18.3. The number of hydrogen-bond acceptors (Lipinski definition) is 4. The second-order valence-electron chi connectivity index (χ2n) is 7.85. The van der Waals surface area contributed by atoms with Crippen molar-refractivity contribution in [2.24, 2.45) is 0 Å². The minimum absolute atomic E-state index is 0.0320. The Kier molecular flexibility index (Phi) is 9.43. The van der Waals surface area contributed by atoms with Gasteiger partial charge >= 0.3 is 11.9 Å². The number of hydrogen-bond donors (Lipinski definition) is 2. The van der Waals surface area contributed by atoms with Crippen LogP contribution in [0.25, 0.3) is 0 Å². The van der Waals surface area contributed by atoms with Crippen LogP contribution in [0.15, 0.2) is 60.7 Å². The van der Waals surface area contributed by atoms with E-state index in [1.165, 1.54) is 22.3 Å². The van der Waals surface area contributed by atoms with Crippen molar-refractivity contribution < 1.29 is 24.5 Å². The highest BCUT2D eigenvalue weighted by molar-refractivity contribution is 5.89. The van der Waals surface area contributed by atoms with Gasteiger partial charge in [-0.1, -0.05) is 59.7 Å². The van der Waals surface area contributed by atoms with E-state index in [1.54, 1.807) is 0 Å². The van der Waals surface area contributed by atoms with Gasteiger partial charge in [0.15, 0.2) is 0 Å². The van der Waals surface area contributed by atoms with E-state index in [-0.39, 0.29) is 6.10 Å². The molecule has 0 unspecified atom stereocenters. The lowest BCUT2D eigenvalue weighted by Gasteiger charge is -2.32. The van der Waals surface area contributed by atoms with Crippen molar-refractivity contribution in [3.05, 3.63) is 82.9 Å². The number of ether oxygens (including phenoxy) is 1. The summed E-state index contributed by atoms with van der Waals surface area (Å²) in [5.74, 6) is -2.51. The first-order valence-corrected chi connectivity index (χ1v) is 10.4. The van der Waals surface area contributed by atoms with Gasteiger partial charge in [0.2, 0.25) is 0 Å². The van der Waals surface area contributed by atoms with Crippen LogP contribution in [0.4, 0.5) is 0 Å². The number of carbonyl (C=O) groups is 2. The summed E-state index contributed by atoms with van der Waals surface area (Å²) in [6.07, 6.45) is 3.73. The van der Waals surface area contributed by atoms with Crippen molar-refractivity contribution in [3.8, 4) is 0 Å². The van der Waals surface area contributed by atoms with E-state index in [9.17, 15) is 9.59 Å². The average Bonchev–Trinajstić information content (AvgIpc) is 2.74. The van der Waals surface area contributed by atoms with Gasteiger partial charge in [-0.3, -0.25) is 0 Å². The molecule has 1 heterocycles. The molecule has 166 valence electrons. The fraction of sp³-hybridized carbons (Fsp3) is 0.360. The predicted octanol–water partition coefficient (Wildman–Crippen LogP) is 4.22. The molecule has 0 bridgehead atoms. The third kappa shape index (κ3) is 8.74. The van der Waals surface area contributed by atoms with E-state index in [4.69, 9.17) is 14.9 Å². The standard InChI is InChI=1S/C21H27NO.C4H4O4/c1-16-4-8-18(9-5-16)21(19-10-6-17(2)7-11-19)23-20-12-14-22(3)15-13-20;5-3(6)1-2-4(7)8/h4-11,20-21H,12-15H2,1-3H3;1-2H,(H,5,6)(H,7,8)/b;2-1+. The summed E-state index contributed by atoms with van der Waals surface area (Å²) >= 11 is 0.